The Morgan fingerprint density at radius 2 is 2.03 bits per heavy atom. The van der Waals surface area contributed by atoms with Crippen molar-refractivity contribution in [2.75, 3.05) is 0 Å². The normalized spacial score (nSPS) is 11.1. The van der Waals surface area contributed by atoms with Crippen LogP contribution in [0, 0.1) is 6.92 Å². The van der Waals surface area contributed by atoms with E-state index in [2.05, 4.69) is 34.2 Å². The second kappa shape index (κ2) is 8.95. The fourth-order valence-electron chi connectivity index (χ4n) is 3.34. The lowest BCUT2D eigenvalue weighted by molar-refractivity contribution is 0.0950. The van der Waals surface area contributed by atoms with Gasteiger partial charge in [-0.25, -0.2) is 9.67 Å². The van der Waals surface area contributed by atoms with E-state index in [1.807, 2.05) is 60.1 Å². The van der Waals surface area contributed by atoms with Crippen molar-refractivity contribution in [3.05, 3.63) is 83.4 Å². The predicted molar refractivity (Wildman–Crippen MR) is 119 cm³/mol. The number of aromatic nitrogens is 4. The fraction of sp³-hybridized carbons (Fsp3) is 0.250. The maximum Gasteiger partial charge on any atom is 0.253 e. The van der Waals surface area contributed by atoms with Gasteiger partial charge in [0, 0.05) is 24.2 Å². The lowest BCUT2D eigenvalue weighted by atomic mass is 10.1. The molecule has 0 saturated carbocycles. The Morgan fingerprint density at radius 1 is 1.16 bits per heavy atom. The van der Waals surface area contributed by atoms with E-state index < -0.39 is 0 Å². The molecule has 7 heteroatoms. The van der Waals surface area contributed by atoms with E-state index in [-0.39, 0.29) is 11.9 Å². The van der Waals surface area contributed by atoms with Crippen molar-refractivity contribution in [3.63, 3.8) is 0 Å². The Kier molecular flexibility index (Phi) is 5.93. The second-order valence-corrected chi connectivity index (χ2v) is 7.66. The van der Waals surface area contributed by atoms with Crippen LogP contribution in [0.4, 0.5) is 0 Å². The molecule has 4 rings (SSSR count). The monoisotopic (exact) mass is 415 g/mol. The largest absolute Gasteiger partial charge is 0.487 e. The van der Waals surface area contributed by atoms with Crippen molar-refractivity contribution < 1.29 is 9.53 Å². The first-order chi connectivity index (χ1) is 15.0. The van der Waals surface area contributed by atoms with Crippen LogP contribution in [0.5, 0.6) is 5.75 Å². The molecular formula is C24H25N5O2. The quantitative estimate of drug-likeness (QED) is 0.489. The van der Waals surface area contributed by atoms with Crippen LogP contribution < -0.4 is 10.1 Å². The van der Waals surface area contributed by atoms with Gasteiger partial charge in [-0.1, -0.05) is 18.2 Å². The average molecular weight is 415 g/mol. The van der Waals surface area contributed by atoms with Crippen LogP contribution in [-0.2, 0) is 13.2 Å². The molecule has 1 aromatic carbocycles. The standard InChI is InChI=1S/C24H25N5O2/c1-16(2)29-23-19(14-27-29)12-22(17(3)28-23)24(30)26-13-18-7-6-9-21(11-18)31-15-20-8-4-5-10-25-20/h4-12,14,16H,13,15H2,1-3H3,(H,26,30). The summed E-state index contributed by atoms with van der Waals surface area (Å²) in [6.45, 7) is 6.74. The lowest BCUT2D eigenvalue weighted by Gasteiger charge is -2.11. The van der Waals surface area contributed by atoms with E-state index in [0.717, 1.165) is 28.0 Å². The molecule has 158 valence electrons. The van der Waals surface area contributed by atoms with E-state index in [9.17, 15) is 4.79 Å². The van der Waals surface area contributed by atoms with Crippen molar-refractivity contribution in [3.8, 4) is 5.75 Å². The minimum absolute atomic E-state index is 0.163. The zero-order valence-corrected chi connectivity index (χ0v) is 17.9. The molecule has 0 fully saturated rings. The van der Waals surface area contributed by atoms with Crippen molar-refractivity contribution in [1.29, 1.82) is 0 Å². The lowest BCUT2D eigenvalue weighted by Crippen LogP contribution is -2.24. The number of carbonyl (C=O) groups is 1. The molecule has 31 heavy (non-hydrogen) atoms. The molecule has 0 radical (unpaired) electrons. The molecule has 0 bridgehead atoms. The Morgan fingerprint density at radius 3 is 2.81 bits per heavy atom. The van der Waals surface area contributed by atoms with Crippen molar-refractivity contribution >= 4 is 16.9 Å². The number of carbonyl (C=O) groups excluding carboxylic acids is 1. The van der Waals surface area contributed by atoms with E-state index in [0.29, 0.717) is 24.4 Å². The summed E-state index contributed by atoms with van der Waals surface area (Å²) in [7, 11) is 0. The van der Waals surface area contributed by atoms with Crippen LogP contribution in [0.1, 0.15) is 47.2 Å². The summed E-state index contributed by atoms with van der Waals surface area (Å²) in [5.74, 6) is 0.571. The third-order valence-electron chi connectivity index (χ3n) is 4.96. The molecule has 0 unspecified atom stereocenters. The molecule has 0 aliphatic heterocycles. The highest BCUT2D eigenvalue weighted by Crippen LogP contribution is 2.20. The van der Waals surface area contributed by atoms with Crippen molar-refractivity contribution in [1.82, 2.24) is 25.1 Å². The Bertz CT molecular complexity index is 1200. The number of fused-ring (bicyclic) bond motifs is 1. The number of hydrogen-bond donors (Lipinski definition) is 1. The molecular weight excluding hydrogens is 390 g/mol. The average Bonchev–Trinajstić information content (AvgIpc) is 3.19. The van der Waals surface area contributed by atoms with Crippen LogP contribution in [0.25, 0.3) is 11.0 Å². The molecule has 0 saturated heterocycles. The third kappa shape index (κ3) is 4.71. The summed E-state index contributed by atoms with van der Waals surface area (Å²) in [5.41, 5.74) is 3.84. The number of benzene rings is 1. The molecule has 1 N–H and O–H groups in total. The molecule has 7 nitrogen and oxygen atoms in total. The summed E-state index contributed by atoms with van der Waals surface area (Å²) in [4.78, 5) is 21.7. The summed E-state index contributed by atoms with van der Waals surface area (Å²) in [6.07, 6.45) is 3.49. The third-order valence-corrected chi connectivity index (χ3v) is 4.96. The second-order valence-electron chi connectivity index (χ2n) is 7.66. The van der Waals surface area contributed by atoms with Crippen LogP contribution >= 0.6 is 0 Å². The van der Waals surface area contributed by atoms with Gasteiger partial charge in [0.05, 0.1) is 23.1 Å². The number of nitrogens with zero attached hydrogens (tertiary/aromatic N) is 4. The fourth-order valence-corrected chi connectivity index (χ4v) is 3.34. The van der Waals surface area contributed by atoms with Gasteiger partial charge in [0.25, 0.3) is 5.91 Å². The van der Waals surface area contributed by atoms with Crippen LogP contribution in [-0.4, -0.2) is 25.7 Å². The maximum atomic E-state index is 12.8. The minimum Gasteiger partial charge on any atom is -0.487 e. The van der Waals surface area contributed by atoms with Gasteiger partial charge < -0.3 is 10.1 Å². The van der Waals surface area contributed by atoms with Crippen LogP contribution in [0.3, 0.4) is 0 Å². The van der Waals surface area contributed by atoms with Crippen molar-refractivity contribution in [2.45, 2.75) is 40.0 Å². The van der Waals surface area contributed by atoms with Gasteiger partial charge in [-0.3, -0.25) is 9.78 Å². The Labute approximate surface area is 181 Å². The maximum absolute atomic E-state index is 12.8. The van der Waals surface area contributed by atoms with Crippen LogP contribution in [0.15, 0.2) is 60.9 Å². The predicted octanol–water partition coefficient (Wildman–Crippen LogP) is 4.22. The Hall–Kier alpha value is -3.74. The van der Waals surface area contributed by atoms with Gasteiger partial charge in [-0.15, -0.1) is 0 Å². The van der Waals surface area contributed by atoms with Gasteiger partial charge in [-0.2, -0.15) is 5.10 Å². The van der Waals surface area contributed by atoms with Gasteiger partial charge in [0.1, 0.15) is 12.4 Å². The summed E-state index contributed by atoms with van der Waals surface area (Å²) in [5, 5.41) is 8.22. The SMILES string of the molecule is Cc1nc2c(cnn2C(C)C)cc1C(=O)NCc1cccc(OCc2ccccn2)c1. The zero-order chi connectivity index (χ0) is 21.8. The van der Waals surface area contributed by atoms with Gasteiger partial charge in [0.15, 0.2) is 5.65 Å². The van der Waals surface area contributed by atoms with E-state index in [4.69, 9.17) is 4.74 Å². The highest BCUT2D eigenvalue weighted by Gasteiger charge is 2.15. The molecule has 0 aliphatic rings. The number of nitrogens with one attached hydrogen (secondary N) is 1. The zero-order valence-electron chi connectivity index (χ0n) is 17.9. The number of hydrogen-bond acceptors (Lipinski definition) is 5. The molecule has 0 atom stereocenters. The molecule has 3 aromatic heterocycles. The first kappa shape index (κ1) is 20.5. The molecule has 0 aliphatic carbocycles. The number of pyridine rings is 2. The number of rotatable bonds is 7. The number of amides is 1. The molecule has 1 amide bonds. The van der Waals surface area contributed by atoms with Crippen LogP contribution in [0.2, 0.25) is 0 Å². The van der Waals surface area contributed by atoms with Gasteiger partial charge in [0.2, 0.25) is 0 Å². The molecule has 0 spiro atoms. The summed E-state index contributed by atoms with van der Waals surface area (Å²) in [6, 6.07) is 15.5. The van der Waals surface area contributed by atoms with E-state index >= 15 is 0 Å². The molecule has 3 heterocycles. The van der Waals surface area contributed by atoms with E-state index in [1.54, 1.807) is 12.4 Å². The van der Waals surface area contributed by atoms with Gasteiger partial charge >= 0.3 is 0 Å². The molecule has 4 aromatic rings. The van der Waals surface area contributed by atoms with E-state index in [1.165, 1.54) is 0 Å². The smallest absolute Gasteiger partial charge is 0.253 e. The highest BCUT2D eigenvalue weighted by molar-refractivity contribution is 5.98. The number of aryl methyl sites for hydroxylation is 1. The first-order valence-electron chi connectivity index (χ1n) is 10.3. The summed E-state index contributed by atoms with van der Waals surface area (Å²) < 4.78 is 7.68. The topological polar surface area (TPSA) is 81.9 Å². The first-order valence-corrected chi connectivity index (χ1v) is 10.3. The van der Waals surface area contributed by atoms with Gasteiger partial charge in [-0.05, 0) is 56.7 Å². The summed E-state index contributed by atoms with van der Waals surface area (Å²) >= 11 is 0. The Balaban J connectivity index is 1.42. The minimum atomic E-state index is -0.163. The van der Waals surface area contributed by atoms with Crippen molar-refractivity contribution in [2.24, 2.45) is 0 Å². The number of ether oxygens (including phenoxy) is 1. The highest BCUT2D eigenvalue weighted by atomic mass is 16.5.